The van der Waals surface area contributed by atoms with E-state index in [2.05, 4.69) is 48.4 Å². The number of carbonyl (C=O) groups is 1. The predicted molar refractivity (Wildman–Crippen MR) is 112 cm³/mol. The molecular formula is C22H30N2O2S. The molecular weight excluding hydrogens is 356 g/mol. The average molecular weight is 387 g/mol. The van der Waals surface area contributed by atoms with Gasteiger partial charge in [0.15, 0.2) is 0 Å². The van der Waals surface area contributed by atoms with Gasteiger partial charge in [-0.05, 0) is 62.6 Å². The normalized spacial score (nSPS) is 19.8. The molecule has 1 fully saturated rings. The molecule has 0 bridgehead atoms. The highest BCUT2D eigenvalue weighted by atomic mass is 32.2. The minimum atomic E-state index is 0.135. The fraction of sp³-hybridized carbons (Fsp3) is 0.545. The molecule has 4 nitrogen and oxygen atoms in total. The summed E-state index contributed by atoms with van der Waals surface area (Å²) in [7, 11) is 0. The third-order valence-corrected chi connectivity index (χ3v) is 6.30. The number of hydrogen-bond acceptors (Lipinski definition) is 4. The van der Waals surface area contributed by atoms with E-state index in [1.807, 2.05) is 6.92 Å². The Morgan fingerprint density at radius 2 is 1.93 bits per heavy atom. The fourth-order valence-corrected chi connectivity index (χ4v) is 4.31. The molecule has 146 valence electrons. The van der Waals surface area contributed by atoms with Gasteiger partial charge >= 0.3 is 0 Å². The summed E-state index contributed by atoms with van der Waals surface area (Å²) in [5.74, 6) is 3.59. The minimum absolute atomic E-state index is 0.135. The average Bonchev–Trinajstić information content (AvgIpc) is 3.04. The van der Waals surface area contributed by atoms with Gasteiger partial charge in [-0.2, -0.15) is 0 Å². The van der Waals surface area contributed by atoms with Crippen molar-refractivity contribution in [3.63, 3.8) is 0 Å². The van der Waals surface area contributed by atoms with Crippen molar-refractivity contribution >= 4 is 17.7 Å². The lowest BCUT2D eigenvalue weighted by atomic mass is 9.87. The molecule has 0 aliphatic heterocycles. The van der Waals surface area contributed by atoms with Crippen LogP contribution < -0.4 is 5.32 Å². The second-order valence-electron chi connectivity index (χ2n) is 7.59. The highest BCUT2D eigenvalue weighted by Gasteiger charge is 2.20. The van der Waals surface area contributed by atoms with Crippen molar-refractivity contribution < 1.29 is 9.21 Å². The molecule has 1 aromatic carbocycles. The Hall–Kier alpha value is -1.75. The van der Waals surface area contributed by atoms with Crippen molar-refractivity contribution in [2.24, 2.45) is 5.92 Å². The fourth-order valence-electron chi connectivity index (χ4n) is 3.48. The van der Waals surface area contributed by atoms with Gasteiger partial charge < -0.3 is 9.73 Å². The van der Waals surface area contributed by atoms with Gasteiger partial charge in [-0.15, -0.1) is 11.8 Å². The Balaban J connectivity index is 1.48. The molecule has 1 aromatic heterocycles. The number of nitrogens with one attached hydrogen (secondary N) is 1. The van der Waals surface area contributed by atoms with E-state index in [1.54, 1.807) is 11.8 Å². The Morgan fingerprint density at radius 3 is 2.59 bits per heavy atom. The molecule has 5 heteroatoms. The standard InChI is InChI=1S/C22H30N2O2S/c1-4-17-7-9-18(10-8-17)22-24-20(16(3)26-22)13-27-14-21(25)23-19-11-5-15(2)6-12-19/h7-10,15,19H,4-6,11-14H2,1-3H3,(H,23,25). The first-order valence-corrected chi connectivity index (χ1v) is 11.1. The van der Waals surface area contributed by atoms with E-state index in [-0.39, 0.29) is 5.91 Å². The van der Waals surface area contributed by atoms with Gasteiger partial charge in [0.1, 0.15) is 5.76 Å². The number of rotatable bonds is 7. The van der Waals surface area contributed by atoms with Crippen LogP contribution in [0.5, 0.6) is 0 Å². The maximum absolute atomic E-state index is 12.2. The Labute approximate surface area is 166 Å². The number of nitrogens with zero attached hydrogens (tertiary/aromatic N) is 1. The van der Waals surface area contributed by atoms with E-state index in [0.717, 1.165) is 42.2 Å². The van der Waals surface area contributed by atoms with Crippen LogP contribution in [-0.2, 0) is 17.0 Å². The molecule has 1 aliphatic rings. The Bertz CT molecular complexity index is 746. The number of oxazole rings is 1. The summed E-state index contributed by atoms with van der Waals surface area (Å²) in [6, 6.07) is 8.69. The first-order chi connectivity index (χ1) is 13.0. The SMILES string of the molecule is CCc1ccc(-c2nc(CSCC(=O)NC3CCC(C)CC3)c(C)o2)cc1. The highest BCUT2D eigenvalue weighted by Crippen LogP contribution is 2.25. The van der Waals surface area contributed by atoms with E-state index in [9.17, 15) is 4.79 Å². The van der Waals surface area contributed by atoms with Crippen LogP contribution in [0.4, 0.5) is 0 Å². The lowest BCUT2D eigenvalue weighted by Crippen LogP contribution is -2.38. The van der Waals surface area contributed by atoms with Crippen LogP contribution in [0.25, 0.3) is 11.5 Å². The highest BCUT2D eigenvalue weighted by molar-refractivity contribution is 7.99. The van der Waals surface area contributed by atoms with Crippen LogP contribution in [0.1, 0.15) is 56.5 Å². The molecule has 0 unspecified atom stereocenters. The Morgan fingerprint density at radius 1 is 1.22 bits per heavy atom. The smallest absolute Gasteiger partial charge is 0.230 e. The summed E-state index contributed by atoms with van der Waals surface area (Å²) in [5, 5.41) is 3.18. The molecule has 1 saturated carbocycles. The van der Waals surface area contributed by atoms with Crippen LogP contribution in [0.2, 0.25) is 0 Å². The van der Waals surface area contributed by atoms with Gasteiger partial charge in [-0.25, -0.2) is 4.98 Å². The third kappa shape index (κ3) is 5.61. The van der Waals surface area contributed by atoms with Gasteiger partial charge in [-0.3, -0.25) is 4.79 Å². The first-order valence-electron chi connectivity index (χ1n) is 9.98. The minimum Gasteiger partial charge on any atom is -0.441 e. The van der Waals surface area contributed by atoms with Crippen LogP contribution in [0.15, 0.2) is 28.7 Å². The Kier molecular flexibility index (Phi) is 7.00. The van der Waals surface area contributed by atoms with E-state index in [4.69, 9.17) is 4.42 Å². The lowest BCUT2D eigenvalue weighted by molar-refractivity contribution is -0.119. The van der Waals surface area contributed by atoms with Crippen molar-refractivity contribution in [3.8, 4) is 11.5 Å². The van der Waals surface area contributed by atoms with Gasteiger partial charge in [0, 0.05) is 17.4 Å². The zero-order valence-corrected chi connectivity index (χ0v) is 17.4. The zero-order valence-electron chi connectivity index (χ0n) is 16.6. The second kappa shape index (κ2) is 9.45. The molecule has 3 rings (SSSR count). The molecule has 1 aliphatic carbocycles. The quantitative estimate of drug-likeness (QED) is 0.716. The number of aromatic nitrogens is 1. The molecule has 1 heterocycles. The van der Waals surface area contributed by atoms with Gasteiger partial charge in [0.2, 0.25) is 11.8 Å². The number of hydrogen-bond donors (Lipinski definition) is 1. The maximum atomic E-state index is 12.2. The summed E-state index contributed by atoms with van der Waals surface area (Å²) in [4.78, 5) is 16.8. The summed E-state index contributed by atoms with van der Waals surface area (Å²) in [6.45, 7) is 6.38. The van der Waals surface area contributed by atoms with Crippen molar-refractivity contribution in [2.45, 2.75) is 64.7 Å². The molecule has 1 N–H and O–H groups in total. The van der Waals surface area contributed by atoms with Crippen molar-refractivity contribution in [1.29, 1.82) is 0 Å². The molecule has 0 spiro atoms. The number of carbonyl (C=O) groups excluding carboxylic acids is 1. The maximum Gasteiger partial charge on any atom is 0.230 e. The van der Waals surface area contributed by atoms with Crippen molar-refractivity contribution in [2.75, 3.05) is 5.75 Å². The van der Waals surface area contributed by atoms with Crippen LogP contribution in [0.3, 0.4) is 0 Å². The topological polar surface area (TPSA) is 55.1 Å². The number of amides is 1. The molecule has 2 aromatic rings. The second-order valence-corrected chi connectivity index (χ2v) is 8.58. The number of thioether (sulfide) groups is 1. The number of aryl methyl sites for hydroxylation is 2. The molecule has 1 amide bonds. The lowest BCUT2D eigenvalue weighted by Gasteiger charge is -2.26. The molecule has 0 atom stereocenters. The van der Waals surface area contributed by atoms with Gasteiger partial charge in [0.25, 0.3) is 0 Å². The third-order valence-electron chi connectivity index (χ3n) is 5.35. The predicted octanol–water partition coefficient (Wildman–Crippen LogP) is 5.14. The summed E-state index contributed by atoms with van der Waals surface area (Å²) >= 11 is 1.60. The van der Waals surface area contributed by atoms with Crippen molar-refractivity contribution in [3.05, 3.63) is 41.3 Å². The summed E-state index contributed by atoms with van der Waals surface area (Å²) in [6.07, 6.45) is 5.69. The van der Waals surface area contributed by atoms with Crippen molar-refractivity contribution in [1.82, 2.24) is 10.3 Å². The largest absolute Gasteiger partial charge is 0.441 e. The van der Waals surface area contributed by atoms with E-state index >= 15 is 0 Å². The molecule has 27 heavy (non-hydrogen) atoms. The summed E-state index contributed by atoms with van der Waals surface area (Å²) < 4.78 is 5.84. The summed E-state index contributed by atoms with van der Waals surface area (Å²) in [5.41, 5.74) is 3.22. The van der Waals surface area contributed by atoms with Gasteiger partial charge in [-0.1, -0.05) is 26.0 Å². The van der Waals surface area contributed by atoms with Gasteiger partial charge in [0.05, 0.1) is 11.4 Å². The van der Waals surface area contributed by atoms with Crippen LogP contribution in [-0.4, -0.2) is 22.7 Å². The monoisotopic (exact) mass is 386 g/mol. The zero-order chi connectivity index (χ0) is 19.2. The van der Waals surface area contributed by atoms with E-state index in [0.29, 0.717) is 23.4 Å². The van der Waals surface area contributed by atoms with E-state index in [1.165, 1.54) is 18.4 Å². The first kappa shape index (κ1) is 20.0. The molecule has 0 radical (unpaired) electrons. The molecule has 0 saturated heterocycles. The van der Waals surface area contributed by atoms with Crippen LogP contribution >= 0.6 is 11.8 Å². The van der Waals surface area contributed by atoms with E-state index < -0.39 is 0 Å². The number of benzene rings is 1. The van der Waals surface area contributed by atoms with Crippen LogP contribution in [0, 0.1) is 12.8 Å².